The third-order valence-electron chi connectivity index (χ3n) is 3.05. The molecular weight excluding hydrogens is 212 g/mol. The van der Waals surface area contributed by atoms with Gasteiger partial charge in [0.25, 0.3) is 0 Å². The van der Waals surface area contributed by atoms with Crippen molar-refractivity contribution >= 4 is 17.3 Å². The molecule has 0 bridgehead atoms. The van der Waals surface area contributed by atoms with Crippen molar-refractivity contribution in [3.8, 4) is 0 Å². The summed E-state index contributed by atoms with van der Waals surface area (Å²) in [6.45, 7) is 8.84. The topological polar surface area (TPSA) is 32.3 Å². The first-order valence-corrected chi connectivity index (χ1v) is 5.82. The van der Waals surface area contributed by atoms with Crippen LogP contribution in [0, 0.1) is 5.41 Å². The third-order valence-corrected chi connectivity index (χ3v) is 3.05. The molecule has 90 valence electrons. The lowest BCUT2D eigenvalue weighted by molar-refractivity contribution is -0.125. The number of nitrogens with one attached hydrogen (secondary N) is 1. The number of nitrogens with zero attached hydrogens (tertiary/aromatic N) is 1. The quantitative estimate of drug-likeness (QED) is 0.792. The molecule has 0 radical (unpaired) electrons. The summed E-state index contributed by atoms with van der Waals surface area (Å²) in [5.74, 6) is 0.134. The number of amides is 1. The van der Waals surface area contributed by atoms with Gasteiger partial charge in [0.15, 0.2) is 0 Å². The molecule has 2 rings (SSSR count). The Morgan fingerprint density at radius 1 is 1.47 bits per heavy atom. The number of fused-ring (bicyclic) bond motifs is 1. The van der Waals surface area contributed by atoms with Gasteiger partial charge in [-0.1, -0.05) is 18.2 Å². The molecule has 1 aromatic carbocycles. The number of carbonyl (C=O) groups excluding carboxylic acids is 1. The van der Waals surface area contributed by atoms with Gasteiger partial charge in [0.05, 0.1) is 16.8 Å². The second-order valence-corrected chi connectivity index (χ2v) is 4.96. The molecule has 0 aliphatic carbocycles. The molecule has 0 saturated carbocycles. The van der Waals surface area contributed by atoms with Gasteiger partial charge in [-0.2, -0.15) is 0 Å². The van der Waals surface area contributed by atoms with E-state index in [-0.39, 0.29) is 5.91 Å². The van der Waals surface area contributed by atoms with Gasteiger partial charge in [-0.15, -0.1) is 6.58 Å². The summed E-state index contributed by atoms with van der Waals surface area (Å²) in [6, 6.07) is 7.88. The van der Waals surface area contributed by atoms with Crippen molar-refractivity contribution in [3.63, 3.8) is 0 Å². The van der Waals surface area contributed by atoms with E-state index in [9.17, 15) is 4.79 Å². The Hall–Kier alpha value is -1.77. The van der Waals surface area contributed by atoms with Crippen molar-refractivity contribution < 1.29 is 4.79 Å². The summed E-state index contributed by atoms with van der Waals surface area (Å²) >= 11 is 0. The van der Waals surface area contributed by atoms with Gasteiger partial charge >= 0.3 is 0 Å². The third kappa shape index (κ3) is 2.05. The van der Waals surface area contributed by atoms with Crippen LogP contribution in [0.4, 0.5) is 11.4 Å². The molecule has 1 aliphatic rings. The Balaban J connectivity index is 2.49. The SMILES string of the molecule is C=CCN1C(=O)C(C)(C)CNc2ccccc21. The number of anilines is 2. The number of hydrogen-bond donors (Lipinski definition) is 1. The first-order chi connectivity index (χ1) is 8.06. The molecule has 1 N–H and O–H groups in total. The second-order valence-electron chi connectivity index (χ2n) is 4.96. The Labute approximate surface area is 102 Å². The maximum Gasteiger partial charge on any atom is 0.234 e. The average Bonchev–Trinajstić information content (AvgIpc) is 2.41. The minimum Gasteiger partial charge on any atom is -0.382 e. The van der Waals surface area contributed by atoms with Crippen LogP contribution in [0.25, 0.3) is 0 Å². The number of rotatable bonds is 2. The molecular formula is C14H18N2O. The number of hydrogen-bond acceptors (Lipinski definition) is 2. The van der Waals surface area contributed by atoms with Crippen molar-refractivity contribution in [1.29, 1.82) is 0 Å². The van der Waals surface area contributed by atoms with E-state index in [0.717, 1.165) is 11.4 Å². The first-order valence-electron chi connectivity index (χ1n) is 5.82. The van der Waals surface area contributed by atoms with Crippen molar-refractivity contribution in [2.45, 2.75) is 13.8 Å². The molecule has 3 heteroatoms. The van der Waals surface area contributed by atoms with Crippen LogP contribution >= 0.6 is 0 Å². The van der Waals surface area contributed by atoms with Crippen LogP contribution in [0.1, 0.15) is 13.8 Å². The van der Waals surface area contributed by atoms with Crippen LogP contribution in [0.3, 0.4) is 0 Å². The lowest BCUT2D eigenvalue weighted by Crippen LogP contribution is -2.42. The minimum absolute atomic E-state index is 0.134. The van der Waals surface area contributed by atoms with Gasteiger partial charge in [-0.25, -0.2) is 0 Å². The minimum atomic E-state index is -0.401. The zero-order valence-electron chi connectivity index (χ0n) is 10.4. The van der Waals surface area contributed by atoms with Crippen molar-refractivity contribution in [2.75, 3.05) is 23.3 Å². The first kappa shape index (κ1) is 11.7. The summed E-state index contributed by atoms with van der Waals surface area (Å²) in [7, 11) is 0. The molecule has 0 spiro atoms. The Kier molecular flexibility index (Phi) is 2.92. The zero-order chi connectivity index (χ0) is 12.5. The lowest BCUT2D eigenvalue weighted by Gasteiger charge is -2.27. The highest BCUT2D eigenvalue weighted by Gasteiger charge is 2.35. The maximum atomic E-state index is 12.5. The summed E-state index contributed by atoms with van der Waals surface area (Å²) in [5.41, 5.74) is 1.54. The lowest BCUT2D eigenvalue weighted by atomic mass is 9.92. The molecule has 0 aromatic heterocycles. The van der Waals surface area contributed by atoms with Crippen LogP contribution in [0.5, 0.6) is 0 Å². The van der Waals surface area contributed by atoms with Crippen molar-refractivity contribution in [1.82, 2.24) is 0 Å². The average molecular weight is 230 g/mol. The fourth-order valence-corrected chi connectivity index (χ4v) is 2.04. The molecule has 3 nitrogen and oxygen atoms in total. The maximum absolute atomic E-state index is 12.5. The molecule has 0 unspecified atom stereocenters. The van der Waals surface area contributed by atoms with Crippen LogP contribution in [0.15, 0.2) is 36.9 Å². The van der Waals surface area contributed by atoms with Crippen molar-refractivity contribution in [2.24, 2.45) is 5.41 Å². The number of benzene rings is 1. The Morgan fingerprint density at radius 3 is 2.88 bits per heavy atom. The predicted molar refractivity (Wildman–Crippen MR) is 71.3 cm³/mol. The van der Waals surface area contributed by atoms with Gasteiger partial charge in [-0.05, 0) is 26.0 Å². The summed E-state index contributed by atoms with van der Waals surface area (Å²) in [6.07, 6.45) is 1.76. The van der Waals surface area contributed by atoms with E-state index in [1.807, 2.05) is 38.1 Å². The predicted octanol–water partition coefficient (Wildman–Crippen LogP) is 2.66. The van der Waals surface area contributed by atoms with Gasteiger partial charge in [0.2, 0.25) is 5.91 Å². The second kappa shape index (κ2) is 4.24. The molecule has 1 aromatic rings. The summed E-state index contributed by atoms with van der Waals surface area (Å²) in [4.78, 5) is 14.3. The van der Waals surface area contributed by atoms with Crippen LogP contribution in [-0.4, -0.2) is 19.0 Å². The van der Waals surface area contributed by atoms with Crippen LogP contribution < -0.4 is 10.2 Å². The Morgan fingerprint density at radius 2 is 2.18 bits per heavy atom. The van der Waals surface area contributed by atoms with E-state index in [1.54, 1.807) is 11.0 Å². The van der Waals surface area contributed by atoms with E-state index in [0.29, 0.717) is 13.1 Å². The summed E-state index contributed by atoms with van der Waals surface area (Å²) in [5, 5.41) is 3.34. The van der Waals surface area contributed by atoms with Crippen LogP contribution in [-0.2, 0) is 4.79 Å². The monoisotopic (exact) mass is 230 g/mol. The molecule has 0 saturated heterocycles. The van der Waals surface area contributed by atoms with Gasteiger partial charge in [-0.3, -0.25) is 4.79 Å². The highest BCUT2D eigenvalue weighted by Crippen LogP contribution is 2.33. The smallest absolute Gasteiger partial charge is 0.234 e. The number of carbonyl (C=O) groups is 1. The molecule has 1 amide bonds. The van der Waals surface area contributed by atoms with Gasteiger partial charge in [0, 0.05) is 13.1 Å². The van der Waals surface area contributed by atoms with Gasteiger partial charge < -0.3 is 10.2 Å². The van der Waals surface area contributed by atoms with E-state index in [2.05, 4.69) is 11.9 Å². The molecule has 1 aliphatic heterocycles. The highest BCUT2D eigenvalue weighted by atomic mass is 16.2. The largest absolute Gasteiger partial charge is 0.382 e. The zero-order valence-corrected chi connectivity index (χ0v) is 10.4. The summed E-state index contributed by atoms with van der Waals surface area (Å²) < 4.78 is 0. The van der Waals surface area contributed by atoms with Gasteiger partial charge in [0.1, 0.15) is 0 Å². The van der Waals surface area contributed by atoms with E-state index < -0.39 is 5.41 Å². The Bertz CT molecular complexity index is 451. The fraction of sp³-hybridized carbons (Fsp3) is 0.357. The van der Waals surface area contributed by atoms with E-state index in [4.69, 9.17) is 0 Å². The van der Waals surface area contributed by atoms with E-state index >= 15 is 0 Å². The standard InChI is InChI=1S/C14H18N2O/c1-4-9-16-12-8-6-5-7-11(12)15-10-14(2,3)13(16)17/h4-8,15H,1,9-10H2,2-3H3. The molecule has 17 heavy (non-hydrogen) atoms. The molecule has 1 heterocycles. The fourth-order valence-electron chi connectivity index (χ4n) is 2.04. The van der Waals surface area contributed by atoms with Crippen LogP contribution in [0.2, 0.25) is 0 Å². The van der Waals surface area contributed by atoms with Crippen molar-refractivity contribution in [3.05, 3.63) is 36.9 Å². The molecule has 0 fully saturated rings. The van der Waals surface area contributed by atoms with E-state index in [1.165, 1.54) is 0 Å². The normalized spacial score (nSPS) is 18.0. The number of para-hydroxylation sites is 2. The molecule has 0 atom stereocenters. The highest BCUT2D eigenvalue weighted by molar-refractivity contribution is 6.01.